The summed E-state index contributed by atoms with van der Waals surface area (Å²) in [5.74, 6) is -2.82. The Bertz CT molecular complexity index is 1140. The van der Waals surface area contributed by atoms with Gasteiger partial charge in [0.25, 0.3) is 5.91 Å². The predicted octanol–water partition coefficient (Wildman–Crippen LogP) is 3.75. The molecule has 2 aromatic carbocycles. The van der Waals surface area contributed by atoms with Crippen molar-refractivity contribution < 1.29 is 27.9 Å². The van der Waals surface area contributed by atoms with Gasteiger partial charge in [0.15, 0.2) is 5.69 Å². The van der Waals surface area contributed by atoms with Gasteiger partial charge in [0.1, 0.15) is 0 Å². The van der Waals surface area contributed by atoms with E-state index in [0.29, 0.717) is 18.8 Å². The molecule has 1 saturated heterocycles. The second-order valence-corrected chi connectivity index (χ2v) is 8.17. The van der Waals surface area contributed by atoms with E-state index < -0.39 is 12.1 Å². The summed E-state index contributed by atoms with van der Waals surface area (Å²) in [5, 5.41) is 21.4. The summed E-state index contributed by atoms with van der Waals surface area (Å²) < 4.78 is 31.7. The molecule has 1 amide bonds. The third kappa shape index (κ3) is 6.04. The highest BCUT2D eigenvalue weighted by Crippen LogP contribution is 2.27. The number of alkyl halides is 3. The Morgan fingerprint density at radius 3 is 2.30 bits per heavy atom. The van der Waals surface area contributed by atoms with Crippen molar-refractivity contribution in [3.05, 3.63) is 60.3 Å². The third-order valence-corrected chi connectivity index (χ3v) is 5.05. The molecule has 0 saturated carbocycles. The van der Waals surface area contributed by atoms with Gasteiger partial charge in [-0.05, 0) is 36.8 Å². The highest BCUT2D eigenvalue weighted by atomic mass is 19.4. The second kappa shape index (κ2) is 9.53. The Morgan fingerprint density at radius 2 is 1.70 bits per heavy atom. The smallest absolute Gasteiger partial charge is 0.475 e. The fourth-order valence-electron chi connectivity index (χ4n) is 3.52. The van der Waals surface area contributed by atoms with Crippen LogP contribution >= 0.6 is 0 Å². The van der Waals surface area contributed by atoms with Crippen molar-refractivity contribution in [2.75, 3.05) is 19.6 Å². The molecule has 0 aliphatic carbocycles. The summed E-state index contributed by atoms with van der Waals surface area (Å²) in [4.78, 5) is 23.5. The van der Waals surface area contributed by atoms with Gasteiger partial charge in [-0.2, -0.15) is 13.2 Å². The van der Waals surface area contributed by atoms with E-state index in [9.17, 15) is 18.0 Å². The first-order valence-electron chi connectivity index (χ1n) is 10.1. The van der Waals surface area contributed by atoms with E-state index in [1.807, 2.05) is 35.2 Å². The van der Waals surface area contributed by atoms with Gasteiger partial charge >= 0.3 is 12.1 Å². The van der Waals surface area contributed by atoms with E-state index in [1.54, 1.807) is 6.07 Å². The molecule has 0 spiro atoms. The number of carboxylic acids is 1. The fourth-order valence-corrected chi connectivity index (χ4v) is 3.52. The normalized spacial score (nSPS) is 15.5. The van der Waals surface area contributed by atoms with Crippen LogP contribution in [0, 0.1) is 0 Å². The number of fused-ring (bicyclic) bond motifs is 1. The molecule has 1 fully saturated rings. The number of carbonyl (C=O) groups is 2. The molecule has 0 atom stereocenters. The summed E-state index contributed by atoms with van der Waals surface area (Å²) in [6, 6.07) is 18.0. The molecule has 1 aromatic heterocycles. The number of benzene rings is 2. The maximum absolute atomic E-state index is 12.7. The highest BCUT2D eigenvalue weighted by molar-refractivity contribution is 5.96. The maximum atomic E-state index is 12.7. The molecule has 1 aliphatic heterocycles. The molecule has 10 heteroatoms. The summed E-state index contributed by atoms with van der Waals surface area (Å²) in [5.41, 5.74) is 2.12. The number of nitrogens with zero attached hydrogens (tertiary/aromatic N) is 3. The number of carboxylic acid groups (broad SMARTS) is 1. The summed E-state index contributed by atoms with van der Waals surface area (Å²) in [7, 11) is 0. The maximum Gasteiger partial charge on any atom is 0.490 e. The van der Waals surface area contributed by atoms with Gasteiger partial charge in [0, 0.05) is 30.7 Å². The summed E-state index contributed by atoms with van der Waals surface area (Å²) in [6.45, 7) is 6.34. The number of aromatic nitrogens is 2. The van der Waals surface area contributed by atoms with E-state index in [4.69, 9.17) is 9.90 Å². The van der Waals surface area contributed by atoms with Gasteiger partial charge in [0.05, 0.1) is 5.69 Å². The predicted molar refractivity (Wildman–Crippen MR) is 117 cm³/mol. The lowest BCUT2D eigenvalue weighted by Gasteiger charge is -2.38. The highest BCUT2D eigenvalue weighted by Gasteiger charge is 2.38. The SMILES string of the molecule is CC1(C)CN(C(=O)c2ccc(-c3cccc4ccccc34)nn2)CCN1.O=C(O)C(F)(F)F. The quantitative estimate of drug-likeness (QED) is 0.605. The number of halogens is 3. The largest absolute Gasteiger partial charge is 0.490 e. The molecule has 7 nitrogen and oxygen atoms in total. The molecule has 33 heavy (non-hydrogen) atoms. The Balaban J connectivity index is 0.000000383. The summed E-state index contributed by atoms with van der Waals surface area (Å²) >= 11 is 0. The molecule has 174 valence electrons. The van der Waals surface area contributed by atoms with Crippen molar-refractivity contribution in [1.82, 2.24) is 20.4 Å². The molecule has 2 N–H and O–H groups in total. The van der Waals surface area contributed by atoms with E-state index in [2.05, 4.69) is 47.6 Å². The Morgan fingerprint density at radius 1 is 1.03 bits per heavy atom. The number of aliphatic carboxylic acids is 1. The van der Waals surface area contributed by atoms with Crippen LogP contribution in [-0.2, 0) is 4.79 Å². The topological polar surface area (TPSA) is 95.4 Å². The van der Waals surface area contributed by atoms with Crippen molar-refractivity contribution in [3.8, 4) is 11.3 Å². The van der Waals surface area contributed by atoms with Crippen molar-refractivity contribution in [2.24, 2.45) is 0 Å². The van der Waals surface area contributed by atoms with Crippen molar-refractivity contribution in [3.63, 3.8) is 0 Å². The number of rotatable bonds is 2. The molecular weight excluding hydrogens is 437 g/mol. The molecule has 2 heterocycles. The third-order valence-electron chi connectivity index (χ3n) is 5.05. The first-order chi connectivity index (χ1) is 15.5. The first kappa shape index (κ1) is 24.1. The van der Waals surface area contributed by atoms with Gasteiger partial charge in [-0.3, -0.25) is 4.79 Å². The van der Waals surface area contributed by atoms with Crippen LogP contribution in [0.15, 0.2) is 54.6 Å². The van der Waals surface area contributed by atoms with Crippen molar-refractivity contribution >= 4 is 22.6 Å². The van der Waals surface area contributed by atoms with Crippen LogP contribution in [0.4, 0.5) is 13.2 Å². The molecule has 0 unspecified atom stereocenters. The zero-order valence-corrected chi connectivity index (χ0v) is 18.1. The standard InChI is InChI=1S/C21H22N4O.C2HF3O2/c1-21(2)14-25(13-12-22-21)20(26)19-11-10-18(23-24-19)17-9-5-7-15-6-3-4-8-16(15)17;3-2(4,5)1(6)7/h3-11,22H,12-14H2,1-2H3;(H,6,7). The Kier molecular flexibility index (Phi) is 6.97. The van der Waals surface area contributed by atoms with Crippen molar-refractivity contribution in [1.29, 1.82) is 0 Å². The number of piperazine rings is 1. The molecule has 0 bridgehead atoms. The number of nitrogens with one attached hydrogen (secondary N) is 1. The van der Waals surface area contributed by atoms with Crippen molar-refractivity contribution in [2.45, 2.75) is 25.6 Å². The molecule has 4 rings (SSSR count). The van der Waals surface area contributed by atoms with Crippen LogP contribution < -0.4 is 5.32 Å². The average molecular weight is 460 g/mol. The minimum absolute atomic E-state index is 0.0588. The monoisotopic (exact) mass is 460 g/mol. The van der Waals surface area contributed by atoms with Crippen LogP contribution in [0.25, 0.3) is 22.0 Å². The number of hydrogen-bond acceptors (Lipinski definition) is 5. The molecule has 1 aliphatic rings. The number of carbonyl (C=O) groups excluding carboxylic acids is 1. The first-order valence-corrected chi connectivity index (χ1v) is 10.1. The minimum atomic E-state index is -5.08. The second-order valence-electron chi connectivity index (χ2n) is 8.17. The average Bonchev–Trinajstić information content (AvgIpc) is 2.77. The van der Waals surface area contributed by atoms with E-state index >= 15 is 0 Å². The van der Waals surface area contributed by atoms with Crippen LogP contribution in [0.5, 0.6) is 0 Å². The fraction of sp³-hybridized carbons (Fsp3) is 0.304. The number of amides is 1. The molecule has 0 radical (unpaired) electrons. The van der Waals surface area contributed by atoms with Gasteiger partial charge in [-0.25, -0.2) is 4.79 Å². The minimum Gasteiger partial charge on any atom is -0.475 e. The van der Waals surface area contributed by atoms with E-state index in [-0.39, 0.29) is 11.4 Å². The van der Waals surface area contributed by atoms with Gasteiger partial charge < -0.3 is 15.3 Å². The Hall–Kier alpha value is -3.53. The van der Waals surface area contributed by atoms with Gasteiger partial charge in [0.2, 0.25) is 0 Å². The van der Waals surface area contributed by atoms with E-state index in [0.717, 1.165) is 28.6 Å². The van der Waals surface area contributed by atoms with Crippen LogP contribution in [0.2, 0.25) is 0 Å². The van der Waals surface area contributed by atoms with E-state index in [1.165, 1.54) is 0 Å². The zero-order valence-electron chi connectivity index (χ0n) is 18.1. The Labute approximate surface area is 188 Å². The van der Waals surface area contributed by atoms with Gasteiger partial charge in [-0.15, -0.1) is 10.2 Å². The molecular formula is C23H23F3N4O3. The zero-order chi connectivity index (χ0) is 24.2. The van der Waals surface area contributed by atoms with Crippen LogP contribution in [0.3, 0.4) is 0 Å². The van der Waals surface area contributed by atoms with Gasteiger partial charge in [-0.1, -0.05) is 42.5 Å². The summed E-state index contributed by atoms with van der Waals surface area (Å²) in [6.07, 6.45) is -5.08. The molecule has 3 aromatic rings. The lowest BCUT2D eigenvalue weighted by molar-refractivity contribution is -0.192. The lowest BCUT2D eigenvalue weighted by atomic mass is 10.0. The number of hydrogen-bond donors (Lipinski definition) is 2. The van der Waals surface area contributed by atoms with Crippen LogP contribution in [0.1, 0.15) is 24.3 Å². The lowest BCUT2D eigenvalue weighted by Crippen LogP contribution is -2.58. The van der Waals surface area contributed by atoms with Crippen LogP contribution in [-0.4, -0.2) is 63.4 Å².